The average Bonchev–Trinajstić information content (AvgIpc) is 2.91. The number of hydrogen-bond donors (Lipinski definition) is 0. The monoisotopic (exact) mass is 554 g/mol. The van der Waals surface area contributed by atoms with Crippen LogP contribution in [0.25, 0.3) is 0 Å². The number of ether oxygens (including phenoxy) is 1. The molecule has 0 aliphatic heterocycles. The highest BCUT2D eigenvalue weighted by Gasteiger charge is 2.50. The van der Waals surface area contributed by atoms with Gasteiger partial charge in [0.1, 0.15) is 0 Å². The van der Waals surface area contributed by atoms with E-state index in [1.165, 1.54) is 10.4 Å². The van der Waals surface area contributed by atoms with Gasteiger partial charge in [-0.25, -0.2) is 4.79 Å². The van der Waals surface area contributed by atoms with Gasteiger partial charge >= 0.3 is 5.97 Å². The van der Waals surface area contributed by atoms with E-state index in [0.717, 1.165) is 24.6 Å². The normalized spacial score (nSPS) is 14.4. The molecule has 0 aliphatic rings. The minimum absolute atomic E-state index is 0.0509. The molecular weight excluding hydrogens is 505 g/mol. The zero-order valence-corrected chi connectivity index (χ0v) is 27.0. The summed E-state index contributed by atoms with van der Waals surface area (Å²) in [6.07, 6.45) is 4.25. The Kier molecular flexibility index (Phi) is 12.7. The number of esters is 1. The molecule has 4 nitrogen and oxygen atoms in total. The number of benzene rings is 2. The maximum absolute atomic E-state index is 11.9. The number of carbonyl (C=O) groups is 1. The summed E-state index contributed by atoms with van der Waals surface area (Å²) in [4.78, 5) is 11.9. The van der Waals surface area contributed by atoms with Gasteiger partial charge in [-0.15, -0.1) is 0 Å². The molecule has 0 spiro atoms. The second kappa shape index (κ2) is 15.0. The van der Waals surface area contributed by atoms with Crippen molar-refractivity contribution in [1.82, 2.24) is 0 Å². The first kappa shape index (κ1) is 32.2. The lowest BCUT2D eigenvalue weighted by molar-refractivity contribution is -0.137. The summed E-state index contributed by atoms with van der Waals surface area (Å²) < 4.78 is 19.5. The molecule has 2 atom stereocenters. The van der Waals surface area contributed by atoms with Crippen molar-refractivity contribution in [1.29, 1.82) is 0 Å². The third-order valence-electron chi connectivity index (χ3n) is 7.73. The second-order valence-electron chi connectivity index (χ2n) is 11.3. The Labute approximate surface area is 234 Å². The minimum atomic E-state index is -2.67. The Bertz CT molecular complexity index is 934. The van der Waals surface area contributed by atoms with Crippen LogP contribution in [0.1, 0.15) is 61.8 Å². The van der Waals surface area contributed by atoms with Gasteiger partial charge in [0.05, 0.1) is 19.3 Å². The van der Waals surface area contributed by atoms with E-state index >= 15 is 0 Å². The van der Waals surface area contributed by atoms with E-state index in [1.807, 2.05) is 13.0 Å². The fourth-order valence-electron chi connectivity index (χ4n) is 5.41. The summed E-state index contributed by atoms with van der Waals surface area (Å²) in [7, 11) is -4.56. The van der Waals surface area contributed by atoms with Gasteiger partial charge in [0, 0.05) is 6.08 Å². The van der Waals surface area contributed by atoms with Crippen LogP contribution < -0.4 is 10.4 Å². The number of allylic oxidation sites excluding steroid dienone is 1. The Hall–Kier alpha value is -2.00. The molecule has 0 aromatic heterocycles. The molecule has 2 rings (SSSR count). The van der Waals surface area contributed by atoms with Gasteiger partial charge < -0.3 is 13.6 Å². The fraction of sp³-hybridized carbons (Fsp3) is 0.531. The standard InChI is InChI=1S/C32H50O4Si2/c1-9-34-31(33)24-23-27(5)25-28(36-37(10-2,11-3)12-4)26-35-38(32(6,7)8,29-19-15-13-16-20-29)30-21-17-14-18-22-30/h13-24,27-28H,9-12,25-26H2,1-8H3/b24-23+/t27-,28-/m0/s1. The van der Waals surface area contributed by atoms with Crippen LogP contribution in [0.2, 0.25) is 23.2 Å². The molecule has 0 saturated carbocycles. The van der Waals surface area contributed by atoms with E-state index < -0.39 is 16.6 Å². The number of rotatable bonds is 15. The largest absolute Gasteiger partial charge is 0.463 e. The molecule has 2 aromatic carbocycles. The summed E-state index contributed by atoms with van der Waals surface area (Å²) >= 11 is 0. The van der Waals surface area contributed by atoms with Crippen LogP contribution in [0.4, 0.5) is 0 Å². The topological polar surface area (TPSA) is 44.8 Å². The molecule has 0 saturated heterocycles. The van der Waals surface area contributed by atoms with Gasteiger partial charge in [0.15, 0.2) is 8.32 Å². The Morgan fingerprint density at radius 1 is 0.868 bits per heavy atom. The second-order valence-corrected chi connectivity index (χ2v) is 20.3. The highest BCUT2D eigenvalue weighted by molar-refractivity contribution is 6.99. The smallest absolute Gasteiger partial charge is 0.330 e. The predicted molar refractivity (Wildman–Crippen MR) is 165 cm³/mol. The lowest BCUT2D eigenvalue weighted by atomic mass is 10.0. The highest BCUT2D eigenvalue weighted by atomic mass is 28.4. The predicted octanol–water partition coefficient (Wildman–Crippen LogP) is 7.10. The Morgan fingerprint density at radius 2 is 1.37 bits per heavy atom. The SMILES string of the molecule is CCOC(=O)/C=C/[C@H](C)C[C@@H](CO[Si](c1ccccc1)(c1ccccc1)C(C)(C)C)O[Si](CC)(CC)CC. The van der Waals surface area contributed by atoms with Gasteiger partial charge in [0.25, 0.3) is 8.32 Å². The molecule has 0 bridgehead atoms. The number of hydrogen-bond acceptors (Lipinski definition) is 4. The molecule has 38 heavy (non-hydrogen) atoms. The summed E-state index contributed by atoms with van der Waals surface area (Å²) in [5.41, 5.74) is 0. The van der Waals surface area contributed by atoms with Crippen molar-refractivity contribution in [3.05, 3.63) is 72.8 Å². The third kappa shape index (κ3) is 8.25. The van der Waals surface area contributed by atoms with Crippen molar-refractivity contribution in [2.45, 2.75) is 91.1 Å². The maximum Gasteiger partial charge on any atom is 0.330 e. The Balaban J connectivity index is 2.48. The molecule has 0 amide bonds. The first-order chi connectivity index (χ1) is 18.1. The van der Waals surface area contributed by atoms with Crippen molar-refractivity contribution in [2.75, 3.05) is 13.2 Å². The van der Waals surface area contributed by atoms with Gasteiger partial charge in [-0.3, -0.25) is 0 Å². The number of carbonyl (C=O) groups excluding carboxylic acids is 1. The summed E-state index contributed by atoms with van der Waals surface area (Å²) in [5, 5.41) is 2.46. The first-order valence-corrected chi connectivity index (χ1v) is 18.8. The lowest BCUT2D eigenvalue weighted by Crippen LogP contribution is -2.67. The van der Waals surface area contributed by atoms with Crippen LogP contribution >= 0.6 is 0 Å². The molecule has 6 heteroatoms. The summed E-state index contributed by atoms with van der Waals surface area (Å²) in [5.74, 6) is -0.135. The molecule has 0 fully saturated rings. The first-order valence-electron chi connectivity index (χ1n) is 14.3. The minimum Gasteiger partial charge on any atom is -0.463 e. The van der Waals surface area contributed by atoms with Crippen molar-refractivity contribution in [3.63, 3.8) is 0 Å². The average molecular weight is 555 g/mol. The third-order valence-corrected chi connectivity index (χ3v) is 17.4. The molecule has 0 radical (unpaired) electrons. The Morgan fingerprint density at radius 3 is 1.79 bits per heavy atom. The van der Waals surface area contributed by atoms with Crippen LogP contribution in [-0.4, -0.2) is 41.9 Å². The zero-order chi connectivity index (χ0) is 28.2. The summed E-state index contributed by atoms with van der Waals surface area (Å²) in [6, 6.07) is 24.8. The highest BCUT2D eigenvalue weighted by Crippen LogP contribution is 2.37. The van der Waals surface area contributed by atoms with E-state index in [1.54, 1.807) is 6.08 Å². The molecule has 0 unspecified atom stereocenters. The molecular formula is C32H50O4Si2. The van der Waals surface area contributed by atoms with E-state index in [9.17, 15) is 4.79 Å². The molecule has 2 aromatic rings. The van der Waals surface area contributed by atoms with Crippen molar-refractivity contribution >= 4 is 33.0 Å². The lowest BCUT2D eigenvalue weighted by Gasteiger charge is -2.44. The van der Waals surface area contributed by atoms with E-state index in [4.69, 9.17) is 13.6 Å². The van der Waals surface area contributed by atoms with Gasteiger partial charge in [-0.05, 0) is 52.8 Å². The van der Waals surface area contributed by atoms with Crippen molar-refractivity contribution in [2.24, 2.45) is 5.92 Å². The molecule has 210 valence electrons. The fourth-order valence-corrected chi connectivity index (χ4v) is 12.9. The van der Waals surface area contributed by atoms with Crippen molar-refractivity contribution in [3.8, 4) is 0 Å². The zero-order valence-electron chi connectivity index (χ0n) is 25.0. The van der Waals surface area contributed by atoms with Crippen LogP contribution in [0.15, 0.2) is 72.8 Å². The molecule has 0 heterocycles. The maximum atomic E-state index is 11.9. The molecule has 0 aliphatic carbocycles. The van der Waals surface area contributed by atoms with Gasteiger partial charge in [-0.1, -0.05) is 115 Å². The van der Waals surface area contributed by atoms with Crippen LogP contribution in [0, 0.1) is 5.92 Å². The van der Waals surface area contributed by atoms with Crippen LogP contribution in [-0.2, 0) is 18.4 Å². The summed E-state index contributed by atoms with van der Waals surface area (Å²) in [6.45, 7) is 18.6. The molecule has 0 N–H and O–H groups in total. The van der Waals surface area contributed by atoms with E-state index in [2.05, 4.69) is 109 Å². The quantitative estimate of drug-likeness (QED) is 0.134. The van der Waals surface area contributed by atoms with Crippen LogP contribution in [0.5, 0.6) is 0 Å². The van der Waals surface area contributed by atoms with Gasteiger partial charge in [0.2, 0.25) is 0 Å². The van der Waals surface area contributed by atoms with Crippen LogP contribution in [0.3, 0.4) is 0 Å². The van der Waals surface area contributed by atoms with Gasteiger partial charge in [-0.2, -0.15) is 0 Å². The van der Waals surface area contributed by atoms with Crippen molar-refractivity contribution < 1.29 is 18.4 Å². The van der Waals surface area contributed by atoms with E-state index in [-0.39, 0.29) is 23.0 Å². The van der Waals surface area contributed by atoms with E-state index in [0.29, 0.717) is 13.2 Å².